The number of carboxylic acids is 1. The van der Waals surface area contributed by atoms with E-state index in [1.165, 1.54) is 38.5 Å². The van der Waals surface area contributed by atoms with E-state index in [0.29, 0.717) is 12.8 Å². The highest BCUT2D eigenvalue weighted by Gasteiger charge is 2.28. The summed E-state index contributed by atoms with van der Waals surface area (Å²) in [4.78, 5) is 45.5. The van der Waals surface area contributed by atoms with Gasteiger partial charge in [0.05, 0.1) is 13.2 Å². The van der Waals surface area contributed by atoms with Crippen molar-refractivity contribution in [2.24, 2.45) is 5.73 Å². The lowest BCUT2D eigenvalue weighted by atomic mass is 10.1. The van der Waals surface area contributed by atoms with E-state index in [4.69, 9.17) is 24.8 Å². The number of carboxylic acid groups (broad SMARTS) is 1. The molecule has 48 heavy (non-hydrogen) atoms. The molecule has 0 aromatic rings. The standard InChI is InChI=1S/C36H64NO10P/c1-3-5-7-9-11-12-13-14-15-16-17-18-19-20-22-24-26-28-35(39)47-32(30-45-48(42,43)46-31-33(37)36(40)41)29-44-34(38)27-25-23-21-10-8-6-4-2/h11-12,14-15,17-18,32-33H,3-10,13,16,19-31,37H2,1-2H3,(H,40,41)(H,42,43)/b12-11+,15-14+,18-17+/t32-,33-/m0/s1. The zero-order valence-corrected chi connectivity index (χ0v) is 30.5. The van der Waals surface area contributed by atoms with E-state index in [1.807, 2.05) is 0 Å². The number of rotatable bonds is 33. The molecule has 0 rings (SSSR count). The van der Waals surface area contributed by atoms with Gasteiger partial charge in [0.2, 0.25) is 0 Å². The fraction of sp³-hybridized carbons (Fsp3) is 0.750. The van der Waals surface area contributed by atoms with E-state index in [-0.39, 0.29) is 19.4 Å². The Morgan fingerprint density at radius 1 is 0.646 bits per heavy atom. The first kappa shape index (κ1) is 45.7. The van der Waals surface area contributed by atoms with Gasteiger partial charge in [0, 0.05) is 12.8 Å². The van der Waals surface area contributed by atoms with E-state index >= 15 is 0 Å². The highest BCUT2D eigenvalue weighted by molar-refractivity contribution is 7.47. The zero-order valence-electron chi connectivity index (χ0n) is 29.6. The van der Waals surface area contributed by atoms with Gasteiger partial charge in [-0.1, -0.05) is 115 Å². The number of unbranched alkanes of at least 4 members (excludes halogenated alkanes) is 13. The molecule has 0 spiro atoms. The van der Waals surface area contributed by atoms with Crippen LogP contribution >= 0.6 is 7.82 Å². The number of ether oxygens (including phenoxy) is 2. The number of hydrogen-bond acceptors (Lipinski definition) is 9. The van der Waals surface area contributed by atoms with Crippen LogP contribution in [0.5, 0.6) is 0 Å². The molecule has 0 amide bonds. The lowest BCUT2D eigenvalue weighted by molar-refractivity contribution is -0.161. The third-order valence-electron chi connectivity index (χ3n) is 7.39. The zero-order chi connectivity index (χ0) is 35.7. The number of hydrogen-bond donors (Lipinski definition) is 3. The van der Waals surface area contributed by atoms with Crippen LogP contribution in [0, 0.1) is 0 Å². The van der Waals surface area contributed by atoms with Gasteiger partial charge >= 0.3 is 25.7 Å². The van der Waals surface area contributed by atoms with Gasteiger partial charge in [-0.3, -0.25) is 23.4 Å². The average molecular weight is 702 g/mol. The Balaban J connectivity index is 4.46. The lowest BCUT2D eigenvalue weighted by Gasteiger charge is -2.20. The van der Waals surface area contributed by atoms with Gasteiger partial charge in [-0.25, -0.2) is 4.57 Å². The second-order valence-electron chi connectivity index (χ2n) is 12.0. The van der Waals surface area contributed by atoms with E-state index in [0.717, 1.165) is 64.2 Å². The van der Waals surface area contributed by atoms with Crippen molar-refractivity contribution in [3.63, 3.8) is 0 Å². The normalized spacial score (nSPS) is 14.4. The van der Waals surface area contributed by atoms with Crippen LogP contribution in [0.25, 0.3) is 0 Å². The van der Waals surface area contributed by atoms with Crippen LogP contribution < -0.4 is 5.73 Å². The second-order valence-corrected chi connectivity index (χ2v) is 13.5. The van der Waals surface area contributed by atoms with E-state index in [1.54, 1.807) is 0 Å². The van der Waals surface area contributed by atoms with Crippen molar-refractivity contribution in [1.82, 2.24) is 0 Å². The SMILES string of the molecule is CCCCC/C=C/C/C=C/C/C=C/CCCCCCC(=O)O[C@@H](COC(=O)CCCCCCCCC)COP(=O)(O)OC[C@H](N)C(=O)O. The quantitative estimate of drug-likeness (QED) is 0.0259. The third kappa shape index (κ3) is 31.0. The fourth-order valence-electron chi connectivity index (χ4n) is 4.48. The maximum Gasteiger partial charge on any atom is 0.472 e. The fourth-order valence-corrected chi connectivity index (χ4v) is 5.26. The van der Waals surface area contributed by atoms with Crippen molar-refractivity contribution in [1.29, 1.82) is 0 Å². The molecule has 0 saturated heterocycles. The third-order valence-corrected chi connectivity index (χ3v) is 8.34. The topological polar surface area (TPSA) is 172 Å². The average Bonchev–Trinajstić information content (AvgIpc) is 3.05. The Hall–Kier alpha value is -2.30. The molecule has 12 heteroatoms. The van der Waals surface area contributed by atoms with Crippen LogP contribution in [-0.2, 0) is 37.5 Å². The number of nitrogens with two attached hydrogens (primary N) is 1. The van der Waals surface area contributed by atoms with Crippen LogP contribution in [0.1, 0.15) is 142 Å². The monoisotopic (exact) mass is 701 g/mol. The summed E-state index contributed by atoms with van der Waals surface area (Å²) in [6, 6.07) is -1.52. The highest BCUT2D eigenvalue weighted by atomic mass is 31.2. The predicted octanol–water partition coefficient (Wildman–Crippen LogP) is 8.50. The first-order valence-corrected chi connectivity index (χ1v) is 19.5. The first-order chi connectivity index (χ1) is 23.1. The molecule has 0 heterocycles. The summed E-state index contributed by atoms with van der Waals surface area (Å²) in [5, 5.41) is 8.83. The maximum absolute atomic E-state index is 12.5. The van der Waals surface area contributed by atoms with E-state index in [2.05, 4.69) is 54.8 Å². The summed E-state index contributed by atoms with van der Waals surface area (Å²) in [7, 11) is -4.71. The molecule has 0 saturated carbocycles. The van der Waals surface area contributed by atoms with Crippen molar-refractivity contribution < 1.29 is 47.5 Å². The van der Waals surface area contributed by atoms with E-state index in [9.17, 15) is 23.8 Å². The van der Waals surface area contributed by atoms with Crippen LogP contribution in [0.4, 0.5) is 0 Å². The molecule has 0 radical (unpaired) electrons. The minimum Gasteiger partial charge on any atom is -0.480 e. The summed E-state index contributed by atoms with van der Waals surface area (Å²) in [5.41, 5.74) is 5.30. The summed E-state index contributed by atoms with van der Waals surface area (Å²) >= 11 is 0. The largest absolute Gasteiger partial charge is 0.480 e. The highest BCUT2D eigenvalue weighted by Crippen LogP contribution is 2.43. The molecule has 278 valence electrons. The van der Waals surface area contributed by atoms with Crippen LogP contribution in [0.2, 0.25) is 0 Å². The van der Waals surface area contributed by atoms with E-state index < -0.39 is 51.1 Å². The molecule has 3 atom stereocenters. The molecular formula is C36H64NO10P. The number of phosphoric ester groups is 1. The molecular weight excluding hydrogens is 637 g/mol. The molecule has 1 unspecified atom stereocenters. The number of carbonyl (C=O) groups is 3. The molecule has 0 aliphatic heterocycles. The van der Waals surface area contributed by atoms with Crippen molar-refractivity contribution in [2.75, 3.05) is 19.8 Å². The molecule has 0 aromatic heterocycles. The van der Waals surface area contributed by atoms with Crippen molar-refractivity contribution in [3.05, 3.63) is 36.5 Å². The van der Waals surface area contributed by atoms with Crippen LogP contribution in [-0.4, -0.2) is 59.9 Å². The Morgan fingerprint density at radius 2 is 1.10 bits per heavy atom. The predicted molar refractivity (Wildman–Crippen MR) is 189 cm³/mol. The smallest absolute Gasteiger partial charge is 0.472 e. The first-order valence-electron chi connectivity index (χ1n) is 18.0. The number of allylic oxidation sites excluding steroid dienone is 6. The Labute approximate surface area is 289 Å². The van der Waals surface area contributed by atoms with Gasteiger partial charge in [0.1, 0.15) is 12.6 Å². The summed E-state index contributed by atoms with van der Waals surface area (Å²) in [5.74, 6) is -2.42. The van der Waals surface area contributed by atoms with Crippen molar-refractivity contribution in [3.8, 4) is 0 Å². The minimum absolute atomic E-state index is 0.136. The number of aliphatic carboxylic acids is 1. The molecule has 0 fully saturated rings. The molecule has 0 aliphatic carbocycles. The summed E-state index contributed by atoms with van der Waals surface area (Å²) in [6.07, 6.45) is 31.0. The molecule has 11 nitrogen and oxygen atoms in total. The Morgan fingerprint density at radius 3 is 1.69 bits per heavy atom. The van der Waals surface area contributed by atoms with Gasteiger partial charge in [-0.15, -0.1) is 0 Å². The second kappa shape index (κ2) is 31.9. The number of esters is 2. The van der Waals surface area contributed by atoms with Gasteiger partial charge < -0.3 is 25.2 Å². The molecule has 4 N–H and O–H groups in total. The summed E-state index contributed by atoms with van der Waals surface area (Å²) in [6.45, 7) is 2.66. The number of carbonyl (C=O) groups excluding carboxylic acids is 2. The van der Waals surface area contributed by atoms with Gasteiger partial charge in [-0.2, -0.15) is 0 Å². The van der Waals surface area contributed by atoms with Gasteiger partial charge in [0.25, 0.3) is 0 Å². The molecule has 0 aromatic carbocycles. The van der Waals surface area contributed by atoms with Crippen LogP contribution in [0.15, 0.2) is 36.5 Å². The Bertz CT molecular complexity index is 968. The molecule has 0 bridgehead atoms. The molecule has 0 aliphatic rings. The van der Waals surface area contributed by atoms with Gasteiger partial charge in [-0.05, 0) is 51.4 Å². The Kier molecular flexibility index (Phi) is 30.4. The minimum atomic E-state index is -4.71. The van der Waals surface area contributed by atoms with Crippen molar-refractivity contribution >= 4 is 25.7 Å². The maximum atomic E-state index is 12.5. The lowest BCUT2D eigenvalue weighted by Crippen LogP contribution is -2.34. The van der Waals surface area contributed by atoms with Crippen molar-refractivity contribution in [2.45, 2.75) is 154 Å². The van der Waals surface area contributed by atoms with Crippen LogP contribution in [0.3, 0.4) is 0 Å². The summed E-state index contributed by atoms with van der Waals surface area (Å²) < 4.78 is 32.4. The van der Waals surface area contributed by atoms with Gasteiger partial charge in [0.15, 0.2) is 6.10 Å². The number of phosphoric acid groups is 1.